The molecule has 0 fully saturated rings. The molecule has 3 aliphatic heterocycles. The van der Waals surface area contributed by atoms with Crippen LogP contribution in [0.25, 0.3) is 0 Å². The van der Waals surface area contributed by atoms with Gasteiger partial charge in [0.15, 0.2) is 0 Å². The zero-order valence-corrected chi connectivity index (χ0v) is 13.4. The van der Waals surface area contributed by atoms with E-state index in [9.17, 15) is 14.9 Å². The number of benzene rings is 2. The number of ether oxygens (including phenoxy) is 4. The van der Waals surface area contributed by atoms with E-state index in [4.69, 9.17) is 18.9 Å². The van der Waals surface area contributed by atoms with Crippen molar-refractivity contribution in [3.63, 3.8) is 0 Å². The third kappa shape index (κ3) is 1.68. The van der Waals surface area contributed by atoms with Crippen LogP contribution in [-0.2, 0) is 25.8 Å². The summed E-state index contributed by atoms with van der Waals surface area (Å²) in [4.78, 5) is 23.4. The fraction of sp³-hybridized carbons (Fsp3) is 0.167. The summed E-state index contributed by atoms with van der Waals surface area (Å²) < 4.78 is 23.1. The van der Waals surface area contributed by atoms with Crippen molar-refractivity contribution >= 4 is 11.7 Å². The maximum absolute atomic E-state index is 12.5. The highest BCUT2D eigenvalue weighted by Gasteiger charge is 2.62. The highest BCUT2D eigenvalue weighted by atomic mass is 16.8. The Bertz CT molecular complexity index is 1030. The van der Waals surface area contributed by atoms with Crippen LogP contribution >= 0.6 is 0 Å². The van der Waals surface area contributed by atoms with Crippen molar-refractivity contribution in [3.8, 4) is 11.5 Å². The second kappa shape index (κ2) is 4.61. The van der Waals surface area contributed by atoms with Gasteiger partial charge in [-0.25, -0.2) is 4.79 Å². The van der Waals surface area contributed by atoms with Gasteiger partial charge in [-0.15, -0.1) is 0 Å². The standard InChI is InChI=1S/C18H11NO7/c1-17-11-6-4-7-13(19(21)22)15(11)25-18(26-17)10-5-2-3-8-14(10)24-16(20)12(18)9-23-17/h2-9H,1H3. The van der Waals surface area contributed by atoms with Gasteiger partial charge in [0, 0.05) is 13.0 Å². The summed E-state index contributed by atoms with van der Waals surface area (Å²) in [6.45, 7) is 1.62. The molecule has 0 aliphatic carbocycles. The molecule has 3 heterocycles. The fourth-order valence-corrected chi connectivity index (χ4v) is 3.49. The summed E-state index contributed by atoms with van der Waals surface area (Å²) >= 11 is 0. The molecule has 3 aliphatic rings. The first-order valence-corrected chi connectivity index (χ1v) is 7.82. The Labute approximate surface area is 146 Å². The van der Waals surface area contributed by atoms with Crippen molar-refractivity contribution in [1.29, 1.82) is 0 Å². The van der Waals surface area contributed by atoms with Gasteiger partial charge >= 0.3 is 11.7 Å². The van der Waals surface area contributed by atoms with E-state index < -0.39 is 22.5 Å². The monoisotopic (exact) mass is 353 g/mol. The van der Waals surface area contributed by atoms with Gasteiger partial charge < -0.3 is 14.2 Å². The maximum Gasteiger partial charge on any atom is 0.349 e. The first-order valence-electron chi connectivity index (χ1n) is 7.82. The minimum Gasteiger partial charge on any atom is -0.465 e. The van der Waals surface area contributed by atoms with Gasteiger partial charge in [-0.3, -0.25) is 14.9 Å². The molecular weight excluding hydrogens is 342 g/mol. The van der Waals surface area contributed by atoms with Crippen molar-refractivity contribution < 1.29 is 28.7 Å². The van der Waals surface area contributed by atoms with Crippen LogP contribution in [0.3, 0.4) is 0 Å². The highest BCUT2D eigenvalue weighted by molar-refractivity contribution is 5.95. The second-order valence-electron chi connectivity index (χ2n) is 6.21. The Morgan fingerprint density at radius 1 is 1.08 bits per heavy atom. The quantitative estimate of drug-likeness (QED) is 0.336. The zero-order chi connectivity index (χ0) is 18.1. The molecule has 0 aromatic heterocycles. The van der Waals surface area contributed by atoms with Crippen molar-refractivity contribution in [3.05, 3.63) is 75.5 Å². The number of para-hydroxylation sites is 2. The first kappa shape index (κ1) is 14.9. The van der Waals surface area contributed by atoms with Crippen LogP contribution in [0.5, 0.6) is 11.5 Å². The number of nitro groups is 1. The summed E-state index contributed by atoms with van der Waals surface area (Å²) in [5, 5.41) is 11.5. The second-order valence-corrected chi connectivity index (χ2v) is 6.21. The minimum atomic E-state index is -1.68. The molecule has 0 saturated carbocycles. The number of hydrogen-bond acceptors (Lipinski definition) is 7. The number of nitro benzene ring substituents is 1. The van der Waals surface area contributed by atoms with E-state index in [-0.39, 0.29) is 22.8 Å². The van der Waals surface area contributed by atoms with Crippen molar-refractivity contribution in [2.75, 3.05) is 0 Å². The van der Waals surface area contributed by atoms with Gasteiger partial charge in [-0.1, -0.05) is 18.2 Å². The number of rotatable bonds is 1. The summed E-state index contributed by atoms with van der Waals surface area (Å²) in [5.74, 6) is -3.48. The van der Waals surface area contributed by atoms with Gasteiger partial charge in [0.1, 0.15) is 17.6 Å². The summed E-state index contributed by atoms with van der Waals surface area (Å²) in [6, 6.07) is 11.2. The highest BCUT2D eigenvalue weighted by Crippen LogP contribution is 2.58. The molecule has 1 spiro atoms. The lowest BCUT2D eigenvalue weighted by Crippen LogP contribution is -2.56. The van der Waals surface area contributed by atoms with Crippen molar-refractivity contribution in [1.82, 2.24) is 0 Å². The zero-order valence-electron chi connectivity index (χ0n) is 13.4. The Balaban J connectivity index is 1.84. The Morgan fingerprint density at radius 2 is 1.85 bits per heavy atom. The minimum absolute atomic E-state index is 0.00125. The number of hydrogen-bond donors (Lipinski definition) is 0. The first-order chi connectivity index (χ1) is 12.4. The van der Waals surface area contributed by atoms with Crippen LogP contribution in [-0.4, -0.2) is 10.9 Å². The van der Waals surface area contributed by atoms with Crippen LogP contribution in [0.2, 0.25) is 0 Å². The van der Waals surface area contributed by atoms with E-state index in [1.165, 1.54) is 18.4 Å². The van der Waals surface area contributed by atoms with E-state index in [0.29, 0.717) is 11.1 Å². The molecule has 0 amide bonds. The lowest BCUT2D eigenvalue weighted by atomic mass is 9.90. The van der Waals surface area contributed by atoms with Gasteiger partial charge in [0.05, 0.1) is 16.1 Å². The average molecular weight is 353 g/mol. The lowest BCUT2D eigenvalue weighted by molar-refractivity contribution is -0.393. The van der Waals surface area contributed by atoms with Crippen LogP contribution in [0.15, 0.2) is 54.3 Å². The van der Waals surface area contributed by atoms with Gasteiger partial charge in [-0.05, 0) is 18.2 Å². The predicted molar refractivity (Wildman–Crippen MR) is 85.1 cm³/mol. The summed E-state index contributed by atoms with van der Waals surface area (Å²) in [7, 11) is 0. The Hall–Kier alpha value is -3.39. The van der Waals surface area contributed by atoms with Crippen LogP contribution in [0.4, 0.5) is 5.69 Å². The van der Waals surface area contributed by atoms with E-state index >= 15 is 0 Å². The normalized spacial score (nSPS) is 27.6. The van der Waals surface area contributed by atoms with Crippen LogP contribution < -0.4 is 9.47 Å². The molecule has 0 saturated heterocycles. The third-order valence-corrected chi connectivity index (χ3v) is 4.68. The van der Waals surface area contributed by atoms with Crippen molar-refractivity contribution in [2.45, 2.75) is 18.5 Å². The average Bonchev–Trinajstić information content (AvgIpc) is 2.61. The predicted octanol–water partition coefficient (Wildman–Crippen LogP) is 2.86. The van der Waals surface area contributed by atoms with Crippen LogP contribution in [0, 0.1) is 10.1 Å². The number of esters is 1. The molecule has 2 aromatic rings. The number of carbonyl (C=O) groups is 1. The molecule has 26 heavy (non-hydrogen) atoms. The molecule has 0 radical (unpaired) electrons. The van der Waals surface area contributed by atoms with Gasteiger partial charge in [0.25, 0.3) is 5.79 Å². The number of fused-ring (bicyclic) bond motifs is 4. The molecule has 2 atom stereocenters. The Kier molecular flexibility index (Phi) is 2.65. The van der Waals surface area contributed by atoms with E-state index in [1.54, 1.807) is 37.3 Å². The molecule has 8 heteroatoms. The van der Waals surface area contributed by atoms with Crippen molar-refractivity contribution in [2.24, 2.45) is 0 Å². The summed E-state index contributed by atoms with van der Waals surface area (Å²) in [5.41, 5.74) is 0.545. The summed E-state index contributed by atoms with van der Waals surface area (Å²) in [6.07, 6.45) is 1.24. The molecule has 2 unspecified atom stereocenters. The largest absolute Gasteiger partial charge is 0.465 e. The maximum atomic E-state index is 12.5. The SMILES string of the molecule is CC12OC=C3C(=O)Oc4ccccc4C3(Oc3c([N+](=O)[O-])cccc31)O2. The van der Waals surface area contributed by atoms with Gasteiger partial charge in [-0.2, -0.15) is 0 Å². The number of nitrogens with zero attached hydrogens (tertiary/aromatic N) is 1. The molecule has 8 nitrogen and oxygen atoms in total. The number of carbonyl (C=O) groups excluding carboxylic acids is 1. The Morgan fingerprint density at radius 3 is 2.65 bits per heavy atom. The molecule has 2 bridgehead atoms. The molecule has 5 rings (SSSR count). The van der Waals surface area contributed by atoms with E-state index in [1.807, 2.05) is 0 Å². The molecule has 0 N–H and O–H groups in total. The van der Waals surface area contributed by atoms with E-state index in [0.717, 1.165) is 0 Å². The third-order valence-electron chi connectivity index (χ3n) is 4.68. The topological polar surface area (TPSA) is 97.1 Å². The molecular formula is C18H11NO7. The fourth-order valence-electron chi connectivity index (χ4n) is 3.49. The lowest BCUT2D eigenvalue weighted by Gasteiger charge is -2.50. The molecule has 2 aromatic carbocycles. The van der Waals surface area contributed by atoms with E-state index in [2.05, 4.69) is 0 Å². The van der Waals surface area contributed by atoms with Gasteiger partial charge in [0.2, 0.25) is 11.5 Å². The van der Waals surface area contributed by atoms with Crippen LogP contribution in [0.1, 0.15) is 18.1 Å². The smallest absolute Gasteiger partial charge is 0.349 e. The molecule has 130 valence electrons.